The summed E-state index contributed by atoms with van der Waals surface area (Å²) in [6.07, 6.45) is 4.68. The number of hydrogen-bond acceptors (Lipinski definition) is 12. The standard InChI is InChI=1S/C60H71F2N8O14P/c1-36(41-16-19-44(20-17-41)60(61,62)85(79,80)81)31-53(73)65-46-21-18-42-9-4-10-43-33-50(70(55(42)43)58(46)77)57(76)66-45(22-25-51(63)71)37(2)84-34-40-13-11-38(12-14-40)7-5-27-64-54(74)35-83-30-29-82-28-6-8-39-15-23-47-49(32-39)68(3)59(78)69(47)48-24-26-52(72)67-56(48)75/h4,9-17,19-20,23,31-32,37,45-46,48,50H,5-8,18,21-22,24-30,33-35H2,1-3H3,(H2,63,71)(H,64,74)(H,65,73)(H,66,76)(H,67,72,75)(H2,79,80,81)/b36-31+/t37-,45+,46+,48?,50+/m1/s1. The van der Waals surface area contributed by atoms with Crippen molar-refractivity contribution >= 4 is 71.2 Å². The first-order valence-corrected chi connectivity index (χ1v) is 29.8. The number of halogens is 2. The van der Waals surface area contributed by atoms with Crippen molar-refractivity contribution in [1.82, 2.24) is 30.4 Å². The Balaban J connectivity index is 0.742. The number of nitrogens with two attached hydrogens (primary N) is 1. The molecule has 8 N–H and O–H groups in total. The van der Waals surface area contributed by atoms with E-state index in [4.69, 9.17) is 29.7 Å². The van der Waals surface area contributed by atoms with Gasteiger partial charge in [0.15, 0.2) is 0 Å². The first kappa shape index (κ1) is 63.3. The maximum absolute atomic E-state index is 14.4. The van der Waals surface area contributed by atoms with E-state index in [1.54, 1.807) is 14.0 Å². The lowest BCUT2D eigenvalue weighted by atomic mass is 10.0. The van der Waals surface area contributed by atoms with Gasteiger partial charge in [-0.1, -0.05) is 72.8 Å². The Morgan fingerprint density at radius 3 is 2.28 bits per heavy atom. The number of amides is 7. The average Bonchev–Trinajstić information content (AvgIpc) is 2.15. The number of imidazole rings is 1. The van der Waals surface area contributed by atoms with Crippen LogP contribution < -0.4 is 37.6 Å². The molecule has 0 spiro atoms. The lowest BCUT2D eigenvalue weighted by Gasteiger charge is -2.31. The van der Waals surface area contributed by atoms with Gasteiger partial charge in [-0.2, -0.15) is 8.78 Å². The Kier molecular flexibility index (Phi) is 20.8. The number of aryl methyl sites for hydroxylation is 4. The quantitative estimate of drug-likeness (QED) is 0.0158. The number of aromatic nitrogens is 2. The Hall–Kier alpha value is -7.73. The average molecular weight is 1200 g/mol. The van der Waals surface area contributed by atoms with E-state index in [2.05, 4.69) is 21.3 Å². The van der Waals surface area contributed by atoms with Gasteiger partial charge in [0.25, 0.3) is 0 Å². The van der Waals surface area contributed by atoms with Crippen LogP contribution in [0.5, 0.6) is 0 Å². The topological polar surface area (TPSA) is 309 Å². The van der Waals surface area contributed by atoms with Crippen molar-refractivity contribution in [3.63, 3.8) is 0 Å². The molecule has 1 fully saturated rings. The molecule has 0 saturated carbocycles. The van der Waals surface area contributed by atoms with Crippen LogP contribution in [-0.4, -0.2) is 117 Å². The zero-order valence-corrected chi connectivity index (χ0v) is 48.4. The van der Waals surface area contributed by atoms with Gasteiger partial charge in [-0.05, 0) is 116 Å². The third kappa shape index (κ3) is 15.6. The molecular weight excluding hydrogens is 1130 g/mol. The summed E-state index contributed by atoms with van der Waals surface area (Å²) in [4.78, 5) is 123. The number of allylic oxidation sites excluding steroid dienone is 1. The maximum atomic E-state index is 14.4. The van der Waals surface area contributed by atoms with Crippen molar-refractivity contribution in [2.45, 2.75) is 127 Å². The molecule has 0 radical (unpaired) electrons. The highest BCUT2D eigenvalue weighted by atomic mass is 31.2. The summed E-state index contributed by atoms with van der Waals surface area (Å²) in [5, 5.41) is 11.0. The molecular formula is C60H71F2N8O14P. The summed E-state index contributed by atoms with van der Waals surface area (Å²) < 4.78 is 60.3. The van der Waals surface area contributed by atoms with Gasteiger partial charge >= 0.3 is 18.9 Å². The normalized spacial score (nSPS) is 17.9. The van der Waals surface area contributed by atoms with Crippen molar-refractivity contribution in [2.75, 3.05) is 37.9 Å². The summed E-state index contributed by atoms with van der Waals surface area (Å²) in [5.74, 6) is -3.31. The van der Waals surface area contributed by atoms with E-state index in [0.29, 0.717) is 79.7 Å². The fraction of sp³-hybridized carbons (Fsp3) is 0.433. The number of primary amides is 1. The lowest BCUT2D eigenvalue weighted by Crippen LogP contribution is -2.56. The fourth-order valence-electron chi connectivity index (χ4n) is 10.8. The van der Waals surface area contributed by atoms with E-state index in [0.717, 1.165) is 39.9 Å². The van der Waals surface area contributed by atoms with Crippen LogP contribution in [0.3, 0.4) is 0 Å². The molecule has 1 unspecified atom stereocenters. The van der Waals surface area contributed by atoms with E-state index < -0.39 is 78.6 Å². The molecule has 1 aromatic heterocycles. The van der Waals surface area contributed by atoms with Gasteiger partial charge in [-0.3, -0.25) is 57.5 Å². The van der Waals surface area contributed by atoms with Crippen LogP contribution in [0.2, 0.25) is 0 Å². The molecule has 4 aromatic carbocycles. The van der Waals surface area contributed by atoms with Crippen LogP contribution in [0.15, 0.2) is 95.8 Å². The third-order valence-electron chi connectivity index (χ3n) is 15.6. The number of nitrogens with one attached hydrogen (secondary N) is 4. The van der Waals surface area contributed by atoms with Crippen LogP contribution in [0, 0.1) is 0 Å². The number of fused-ring (bicyclic) bond motifs is 1. The largest absolute Gasteiger partial charge is 0.399 e. The van der Waals surface area contributed by atoms with Crippen molar-refractivity contribution in [2.24, 2.45) is 12.8 Å². The number of carbonyl (C=O) groups excluding carboxylic acids is 7. The minimum atomic E-state index is -5.79. The van der Waals surface area contributed by atoms with Crippen LogP contribution in [0.4, 0.5) is 14.5 Å². The number of carbonyl (C=O) groups is 7. The minimum absolute atomic E-state index is 0.0530. The minimum Gasteiger partial charge on any atom is -0.379 e. The first-order chi connectivity index (χ1) is 40.5. The van der Waals surface area contributed by atoms with Crippen LogP contribution >= 0.6 is 7.60 Å². The molecule has 85 heavy (non-hydrogen) atoms. The molecule has 8 rings (SSSR count). The Bertz CT molecular complexity index is 3450. The number of nitrogens with zero attached hydrogens (tertiary/aromatic N) is 3. The number of benzene rings is 4. The van der Waals surface area contributed by atoms with Gasteiger partial charge in [0.05, 0.1) is 48.7 Å². The summed E-state index contributed by atoms with van der Waals surface area (Å²) in [6, 6.07) is 19.6. The fourth-order valence-corrected chi connectivity index (χ4v) is 11.3. The molecule has 5 atom stereocenters. The zero-order chi connectivity index (χ0) is 61.2. The zero-order valence-electron chi connectivity index (χ0n) is 47.5. The summed E-state index contributed by atoms with van der Waals surface area (Å²) >= 11 is 0. The number of piperidine rings is 1. The smallest absolute Gasteiger partial charge is 0.379 e. The SMILES string of the molecule is C/C(=C\C(=O)N[C@H]1CCc2cccc3c2N(C1=O)[C@H](C(=O)N[C@@H](CCC(N)=O)[C@@H](C)OCc1ccc(CCCNC(=O)COCCOCCCc2ccc4c(c2)n(C)c(=O)n4C2CCC(=O)NC2=O)cc1)C3)c1ccc(C(F)(F)P(=O)(O)O)cc1. The number of para-hydroxylation sites is 1. The molecule has 22 nitrogen and oxygen atoms in total. The summed E-state index contributed by atoms with van der Waals surface area (Å²) in [5.41, 5.74) is 6.98. The highest BCUT2D eigenvalue weighted by molar-refractivity contribution is 7.52. The van der Waals surface area contributed by atoms with Crippen LogP contribution in [0.1, 0.15) is 104 Å². The highest BCUT2D eigenvalue weighted by Crippen LogP contribution is 2.59. The van der Waals surface area contributed by atoms with Crippen molar-refractivity contribution < 1.29 is 70.9 Å². The monoisotopic (exact) mass is 1200 g/mol. The van der Waals surface area contributed by atoms with E-state index in [1.165, 1.54) is 39.2 Å². The number of anilines is 1. The molecule has 5 aromatic rings. The number of imide groups is 1. The molecule has 25 heteroatoms. The first-order valence-electron chi connectivity index (χ1n) is 28.2. The molecule has 3 aliphatic rings. The van der Waals surface area contributed by atoms with Crippen LogP contribution in [-0.2, 0) is 97.3 Å². The summed E-state index contributed by atoms with van der Waals surface area (Å²) in [6.45, 7) is 4.83. The maximum Gasteiger partial charge on any atom is 0.399 e. The molecule has 454 valence electrons. The third-order valence-corrected chi connectivity index (χ3v) is 16.5. The van der Waals surface area contributed by atoms with Crippen molar-refractivity contribution in [1.29, 1.82) is 0 Å². The molecule has 3 aliphatic heterocycles. The van der Waals surface area contributed by atoms with Gasteiger partial charge in [-0.15, -0.1) is 0 Å². The van der Waals surface area contributed by atoms with Gasteiger partial charge in [0.1, 0.15) is 24.7 Å². The Morgan fingerprint density at radius 2 is 1.56 bits per heavy atom. The predicted octanol–water partition coefficient (Wildman–Crippen LogP) is 4.41. The second kappa shape index (κ2) is 28.0. The summed E-state index contributed by atoms with van der Waals surface area (Å²) in [7, 11) is -4.13. The lowest BCUT2D eigenvalue weighted by molar-refractivity contribution is -0.136. The second-order valence-corrected chi connectivity index (χ2v) is 23.3. The number of ether oxygens (including phenoxy) is 3. The van der Waals surface area contributed by atoms with Crippen molar-refractivity contribution in [3.05, 3.63) is 140 Å². The van der Waals surface area contributed by atoms with Crippen molar-refractivity contribution in [3.8, 4) is 0 Å². The van der Waals surface area contributed by atoms with E-state index >= 15 is 0 Å². The number of alkyl halides is 2. The molecule has 4 heterocycles. The molecule has 7 amide bonds. The van der Waals surface area contributed by atoms with Gasteiger partial charge < -0.3 is 45.7 Å². The number of hydrogen-bond donors (Lipinski definition) is 7. The van der Waals surface area contributed by atoms with Gasteiger partial charge in [0, 0.05) is 51.1 Å². The molecule has 0 aliphatic carbocycles. The van der Waals surface area contributed by atoms with E-state index in [9.17, 15) is 51.7 Å². The van der Waals surface area contributed by atoms with Gasteiger partial charge in [-0.25, -0.2) is 4.79 Å². The highest BCUT2D eigenvalue weighted by Gasteiger charge is 2.50. The molecule has 1 saturated heterocycles. The second-order valence-electron chi connectivity index (χ2n) is 21.6. The predicted molar refractivity (Wildman–Crippen MR) is 309 cm³/mol. The van der Waals surface area contributed by atoms with E-state index in [1.807, 2.05) is 60.7 Å². The Morgan fingerprint density at radius 1 is 0.871 bits per heavy atom. The molecule has 0 bridgehead atoms. The van der Waals surface area contributed by atoms with Gasteiger partial charge in [0.2, 0.25) is 41.4 Å². The van der Waals surface area contributed by atoms with E-state index in [-0.39, 0.29) is 75.8 Å². The Labute approximate surface area is 489 Å². The van der Waals surface area contributed by atoms with Crippen LogP contribution in [0.25, 0.3) is 16.6 Å². The number of rotatable bonds is 28.